The number of hydrogen-bond acceptors (Lipinski definition) is 2. The molecule has 1 heterocycles. The topological polar surface area (TPSA) is 46.9 Å². The number of hydrogen-bond donors (Lipinski definition) is 1. The van der Waals surface area contributed by atoms with Crippen LogP contribution in [0.25, 0.3) is 0 Å². The molecule has 1 aromatic carbocycles. The molecule has 0 aliphatic heterocycles. The highest BCUT2D eigenvalue weighted by Crippen LogP contribution is 2.29. The van der Waals surface area contributed by atoms with Crippen molar-refractivity contribution in [3.05, 3.63) is 52.8 Å². The lowest BCUT2D eigenvalue weighted by atomic mass is 10.1. The van der Waals surface area contributed by atoms with Crippen LogP contribution >= 0.6 is 11.6 Å². The smallest absolute Gasteiger partial charge is 0.350 e. The number of aromatic nitrogens is 2. The number of nitrogens with zero attached hydrogens (tertiary/aromatic N) is 2. The lowest BCUT2D eigenvalue weighted by Gasteiger charge is -2.09. The predicted octanol–water partition coefficient (Wildman–Crippen LogP) is 2.99. The van der Waals surface area contributed by atoms with Crippen LogP contribution in [0.3, 0.4) is 0 Å². The van der Waals surface area contributed by atoms with Crippen LogP contribution in [0.4, 0.5) is 13.2 Å². The van der Waals surface area contributed by atoms with E-state index in [-0.39, 0.29) is 12.1 Å². The van der Waals surface area contributed by atoms with Crippen molar-refractivity contribution in [1.29, 1.82) is 0 Å². The third-order valence-electron chi connectivity index (χ3n) is 2.68. The summed E-state index contributed by atoms with van der Waals surface area (Å²) >= 11 is 5.68. The molecule has 21 heavy (non-hydrogen) atoms. The van der Waals surface area contributed by atoms with Crippen molar-refractivity contribution < 1.29 is 18.0 Å². The number of halogens is 4. The van der Waals surface area contributed by atoms with Gasteiger partial charge in [0.1, 0.15) is 0 Å². The van der Waals surface area contributed by atoms with Crippen molar-refractivity contribution in [3.8, 4) is 0 Å². The summed E-state index contributed by atoms with van der Waals surface area (Å²) in [5.74, 6) is -0.570. The van der Waals surface area contributed by atoms with Gasteiger partial charge in [0.25, 0.3) is 5.91 Å². The minimum Gasteiger partial charge on any atom is -0.350 e. The Morgan fingerprint density at radius 1 is 1.38 bits per heavy atom. The monoisotopic (exact) mass is 317 g/mol. The molecule has 0 unspecified atom stereocenters. The van der Waals surface area contributed by atoms with Gasteiger partial charge in [-0.2, -0.15) is 18.3 Å². The second-order valence-electron chi connectivity index (χ2n) is 4.26. The lowest BCUT2D eigenvalue weighted by Crippen LogP contribution is -2.27. The van der Waals surface area contributed by atoms with E-state index in [2.05, 4.69) is 10.4 Å². The molecule has 0 spiro atoms. The van der Waals surface area contributed by atoms with E-state index in [4.69, 9.17) is 11.6 Å². The first kappa shape index (κ1) is 15.4. The van der Waals surface area contributed by atoms with E-state index >= 15 is 0 Å². The van der Waals surface area contributed by atoms with Gasteiger partial charge in [-0.25, -0.2) is 0 Å². The van der Waals surface area contributed by atoms with Crippen molar-refractivity contribution in [1.82, 2.24) is 15.1 Å². The number of benzene rings is 1. The molecule has 0 fully saturated rings. The summed E-state index contributed by atoms with van der Waals surface area (Å²) in [4.78, 5) is 11.8. The first-order valence-electron chi connectivity index (χ1n) is 5.99. The second-order valence-corrected chi connectivity index (χ2v) is 4.69. The zero-order valence-corrected chi connectivity index (χ0v) is 11.4. The Bertz CT molecular complexity index is 640. The summed E-state index contributed by atoms with van der Waals surface area (Å²) in [6.07, 6.45) is -1.43. The molecule has 0 bridgehead atoms. The number of alkyl halides is 3. The highest BCUT2D eigenvalue weighted by Gasteiger charge is 2.30. The summed E-state index contributed by atoms with van der Waals surface area (Å²) in [5.41, 5.74) is -0.891. The van der Waals surface area contributed by atoms with Crippen LogP contribution in [0, 0.1) is 0 Å². The van der Waals surface area contributed by atoms with Crippen LogP contribution in [0.1, 0.15) is 15.9 Å². The Hall–Kier alpha value is -2.02. The van der Waals surface area contributed by atoms with Gasteiger partial charge in [0, 0.05) is 18.3 Å². The van der Waals surface area contributed by atoms with Crippen molar-refractivity contribution >= 4 is 17.5 Å². The maximum absolute atomic E-state index is 12.6. The standard InChI is InChI=1S/C13H11ClF3N3O/c14-11-7-19-20(8-11)5-4-18-12(21)9-2-1-3-10(6-9)13(15,16)17/h1-3,6-8H,4-5H2,(H,18,21). The first-order valence-corrected chi connectivity index (χ1v) is 6.37. The molecule has 0 radical (unpaired) electrons. The van der Waals surface area contributed by atoms with Gasteiger partial charge >= 0.3 is 6.18 Å². The van der Waals surface area contributed by atoms with Crippen molar-refractivity contribution in [2.24, 2.45) is 0 Å². The molecule has 0 saturated heterocycles. The molecule has 1 aromatic heterocycles. The molecule has 0 saturated carbocycles. The molecule has 1 N–H and O–H groups in total. The van der Waals surface area contributed by atoms with Gasteiger partial charge in [0.2, 0.25) is 0 Å². The average Bonchev–Trinajstić information content (AvgIpc) is 2.83. The van der Waals surface area contributed by atoms with E-state index in [0.717, 1.165) is 12.1 Å². The zero-order valence-electron chi connectivity index (χ0n) is 10.7. The Balaban J connectivity index is 1.94. The fourth-order valence-electron chi connectivity index (χ4n) is 1.68. The first-order chi connectivity index (χ1) is 9.86. The number of nitrogens with one attached hydrogen (secondary N) is 1. The van der Waals surface area contributed by atoms with E-state index in [1.165, 1.54) is 23.0 Å². The molecule has 2 aromatic rings. The summed E-state index contributed by atoms with van der Waals surface area (Å²) in [6, 6.07) is 4.27. The third kappa shape index (κ3) is 4.22. The molecular formula is C13H11ClF3N3O. The van der Waals surface area contributed by atoms with E-state index in [1.54, 1.807) is 6.20 Å². The minimum absolute atomic E-state index is 0.0386. The number of amides is 1. The van der Waals surface area contributed by atoms with Crippen molar-refractivity contribution in [2.45, 2.75) is 12.7 Å². The Morgan fingerprint density at radius 3 is 2.76 bits per heavy atom. The highest BCUT2D eigenvalue weighted by molar-refractivity contribution is 6.30. The maximum Gasteiger partial charge on any atom is 0.416 e. The Labute approximate surface area is 123 Å². The molecule has 0 aliphatic rings. The van der Waals surface area contributed by atoms with Crippen LogP contribution in [-0.2, 0) is 12.7 Å². The highest BCUT2D eigenvalue weighted by atomic mass is 35.5. The van der Waals surface area contributed by atoms with Crippen molar-refractivity contribution in [2.75, 3.05) is 6.54 Å². The fourth-order valence-corrected chi connectivity index (χ4v) is 1.84. The maximum atomic E-state index is 12.6. The van der Waals surface area contributed by atoms with Crippen LogP contribution in [0.5, 0.6) is 0 Å². The fraction of sp³-hybridized carbons (Fsp3) is 0.231. The van der Waals surface area contributed by atoms with Gasteiger partial charge in [-0.3, -0.25) is 9.48 Å². The normalized spacial score (nSPS) is 11.4. The molecule has 0 atom stereocenters. The van der Waals surface area contributed by atoms with Crippen LogP contribution in [0.15, 0.2) is 36.7 Å². The molecule has 1 amide bonds. The van der Waals surface area contributed by atoms with Gasteiger partial charge in [0.15, 0.2) is 0 Å². The summed E-state index contributed by atoms with van der Waals surface area (Å²) in [5, 5.41) is 6.91. The number of carbonyl (C=O) groups is 1. The molecule has 2 rings (SSSR count). The SMILES string of the molecule is O=C(NCCn1cc(Cl)cn1)c1cccc(C(F)(F)F)c1. The lowest BCUT2D eigenvalue weighted by molar-refractivity contribution is -0.137. The van der Waals surface area contributed by atoms with Gasteiger partial charge in [-0.05, 0) is 18.2 Å². The van der Waals surface area contributed by atoms with Gasteiger partial charge < -0.3 is 5.32 Å². The molecular weight excluding hydrogens is 307 g/mol. The van der Waals surface area contributed by atoms with Crippen molar-refractivity contribution in [3.63, 3.8) is 0 Å². The Kier molecular flexibility index (Phi) is 4.52. The minimum atomic E-state index is -4.47. The second kappa shape index (κ2) is 6.17. The summed E-state index contributed by atoms with van der Waals surface area (Å²) < 4.78 is 39.2. The number of rotatable bonds is 4. The third-order valence-corrected chi connectivity index (χ3v) is 2.88. The summed E-state index contributed by atoms with van der Waals surface area (Å²) in [7, 11) is 0. The van der Waals surface area contributed by atoms with Crippen LogP contribution in [0.2, 0.25) is 5.02 Å². The molecule has 112 valence electrons. The average molecular weight is 318 g/mol. The van der Waals surface area contributed by atoms with E-state index in [0.29, 0.717) is 11.6 Å². The van der Waals surface area contributed by atoms with Gasteiger partial charge in [-0.15, -0.1) is 0 Å². The largest absolute Gasteiger partial charge is 0.416 e. The zero-order chi connectivity index (χ0) is 15.5. The quantitative estimate of drug-likeness (QED) is 0.942. The van der Waals surface area contributed by atoms with Gasteiger partial charge in [-0.1, -0.05) is 17.7 Å². The molecule has 0 aliphatic carbocycles. The van der Waals surface area contributed by atoms with E-state index in [1.807, 2.05) is 0 Å². The Morgan fingerprint density at radius 2 is 2.14 bits per heavy atom. The van der Waals surface area contributed by atoms with E-state index in [9.17, 15) is 18.0 Å². The van der Waals surface area contributed by atoms with Gasteiger partial charge in [0.05, 0.1) is 23.3 Å². The van der Waals surface area contributed by atoms with Crippen LogP contribution < -0.4 is 5.32 Å². The summed E-state index contributed by atoms with van der Waals surface area (Å²) in [6.45, 7) is 0.602. The molecule has 4 nitrogen and oxygen atoms in total. The van der Waals surface area contributed by atoms with Crippen LogP contribution in [-0.4, -0.2) is 22.2 Å². The van der Waals surface area contributed by atoms with E-state index < -0.39 is 17.6 Å². The predicted molar refractivity (Wildman–Crippen MR) is 71.0 cm³/mol. The number of carbonyl (C=O) groups excluding carboxylic acids is 1. The molecule has 8 heteroatoms.